The third-order valence-electron chi connectivity index (χ3n) is 5.02. The molecule has 30 heavy (non-hydrogen) atoms. The van der Waals surface area contributed by atoms with Gasteiger partial charge in [0.15, 0.2) is 0 Å². The molecule has 2 aromatic carbocycles. The molecule has 9 nitrogen and oxygen atoms in total. The summed E-state index contributed by atoms with van der Waals surface area (Å²) in [7, 11) is 1.81. The van der Waals surface area contributed by atoms with E-state index in [9.17, 15) is 9.18 Å². The van der Waals surface area contributed by atoms with Gasteiger partial charge in [-0.1, -0.05) is 11.3 Å². The maximum atomic E-state index is 13.3. The van der Waals surface area contributed by atoms with Crippen molar-refractivity contribution in [1.82, 2.24) is 25.2 Å². The standard InChI is InChI=1S/C19H15FN6O.CH2O2/c1-26-15-7-6-12-13(8-16(27)22-18(12)19(15)24-25-26)14-9-21-23-17(14)10-2-4-11(20)5-3-10;2-1-3/h2-7,9,13H,8H2,1H3,(H,21,23)(H,22,27);1H,(H,2,3). The van der Waals surface area contributed by atoms with Crippen LogP contribution in [-0.4, -0.2) is 42.7 Å². The molecule has 5 rings (SSSR count). The van der Waals surface area contributed by atoms with Crippen molar-refractivity contribution in [2.24, 2.45) is 7.05 Å². The summed E-state index contributed by atoms with van der Waals surface area (Å²) < 4.78 is 15.0. The van der Waals surface area contributed by atoms with Crippen molar-refractivity contribution in [2.75, 3.05) is 5.32 Å². The van der Waals surface area contributed by atoms with Crippen molar-refractivity contribution in [2.45, 2.75) is 12.3 Å². The summed E-state index contributed by atoms with van der Waals surface area (Å²) in [6.45, 7) is -0.250. The summed E-state index contributed by atoms with van der Waals surface area (Å²) in [5, 5.41) is 25.3. The smallest absolute Gasteiger partial charge is 0.290 e. The van der Waals surface area contributed by atoms with Crippen LogP contribution < -0.4 is 5.32 Å². The quantitative estimate of drug-likeness (QED) is 0.438. The van der Waals surface area contributed by atoms with Gasteiger partial charge in [-0.15, -0.1) is 5.10 Å². The maximum Gasteiger partial charge on any atom is 0.290 e. The molecular weight excluding hydrogens is 391 g/mol. The van der Waals surface area contributed by atoms with Crippen LogP contribution in [0.25, 0.3) is 22.3 Å². The Morgan fingerprint density at radius 2 is 1.93 bits per heavy atom. The molecule has 1 aliphatic rings. The van der Waals surface area contributed by atoms with Crippen molar-refractivity contribution < 1.29 is 19.1 Å². The molecular formula is C20H17FN6O3. The summed E-state index contributed by atoms with van der Waals surface area (Å²) in [6.07, 6.45) is 2.03. The molecule has 1 unspecified atom stereocenters. The number of carbonyl (C=O) groups excluding carboxylic acids is 1. The first-order chi connectivity index (χ1) is 14.5. The molecule has 0 saturated carbocycles. The van der Waals surface area contributed by atoms with Gasteiger partial charge in [0.05, 0.1) is 23.1 Å². The number of nitrogens with one attached hydrogen (secondary N) is 2. The lowest BCUT2D eigenvalue weighted by molar-refractivity contribution is -0.123. The van der Waals surface area contributed by atoms with Crippen molar-refractivity contribution >= 4 is 29.1 Å². The maximum absolute atomic E-state index is 13.3. The minimum Gasteiger partial charge on any atom is -0.483 e. The van der Waals surface area contributed by atoms with E-state index in [0.29, 0.717) is 17.6 Å². The number of rotatable bonds is 2. The largest absolute Gasteiger partial charge is 0.483 e. The number of benzene rings is 2. The van der Waals surface area contributed by atoms with Crippen LogP contribution in [0.3, 0.4) is 0 Å². The fourth-order valence-corrected chi connectivity index (χ4v) is 3.71. The lowest BCUT2D eigenvalue weighted by Crippen LogP contribution is -2.24. The second kappa shape index (κ2) is 7.74. The van der Waals surface area contributed by atoms with Gasteiger partial charge >= 0.3 is 0 Å². The Balaban J connectivity index is 0.000000687. The first kappa shape index (κ1) is 19.2. The van der Waals surface area contributed by atoms with Crippen molar-refractivity contribution in [3.63, 3.8) is 0 Å². The van der Waals surface area contributed by atoms with Crippen molar-refractivity contribution in [3.05, 3.63) is 59.5 Å². The Hall–Kier alpha value is -4.08. The van der Waals surface area contributed by atoms with Crippen LogP contribution in [0.15, 0.2) is 42.6 Å². The van der Waals surface area contributed by atoms with Crippen molar-refractivity contribution in [1.29, 1.82) is 0 Å². The van der Waals surface area contributed by atoms with E-state index in [1.54, 1.807) is 23.0 Å². The number of nitrogens with zero attached hydrogens (tertiary/aromatic N) is 4. The Kier molecular flexibility index (Phi) is 4.97. The summed E-state index contributed by atoms with van der Waals surface area (Å²) in [6, 6.07) is 10.2. The molecule has 1 aliphatic heterocycles. The summed E-state index contributed by atoms with van der Waals surface area (Å²) >= 11 is 0. The van der Waals surface area contributed by atoms with E-state index in [0.717, 1.165) is 27.9 Å². The molecule has 0 saturated heterocycles. The molecule has 4 aromatic rings. The van der Waals surface area contributed by atoms with Gasteiger partial charge in [-0.05, 0) is 35.9 Å². The number of aromatic nitrogens is 5. The normalized spacial score (nSPS) is 15.1. The Bertz CT molecular complexity index is 1230. The fraction of sp³-hybridized carbons (Fsp3) is 0.150. The van der Waals surface area contributed by atoms with Gasteiger partial charge in [-0.2, -0.15) is 5.10 Å². The highest BCUT2D eigenvalue weighted by atomic mass is 19.1. The van der Waals surface area contributed by atoms with E-state index in [4.69, 9.17) is 9.90 Å². The van der Waals surface area contributed by atoms with E-state index in [1.165, 1.54) is 12.1 Å². The summed E-state index contributed by atoms with van der Waals surface area (Å²) in [5.74, 6) is -0.567. The number of halogens is 1. The summed E-state index contributed by atoms with van der Waals surface area (Å²) in [4.78, 5) is 20.8. The predicted octanol–water partition coefficient (Wildman–Crippen LogP) is 2.67. The lowest BCUT2D eigenvalue weighted by atomic mass is 9.83. The number of aromatic amines is 1. The SMILES string of the molecule is Cn1nnc2c3c(ccc21)C(c1cn[nH]c1-c1ccc(F)cc1)CC(=O)N3.O=CO. The van der Waals surface area contributed by atoms with E-state index in [1.807, 2.05) is 19.2 Å². The van der Waals surface area contributed by atoms with Crippen LogP contribution in [-0.2, 0) is 16.6 Å². The number of fused-ring (bicyclic) bond motifs is 3. The average Bonchev–Trinajstić information content (AvgIpc) is 3.36. The minimum absolute atomic E-state index is 0.0862. The number of aryl methyl sites for hydroxylation is 1. The average molecular weight is 408 g/mol. The molecule has 0 bridgehead atoms. The molecule has 152 valence electrons. The fourth-order valence-electron chi connectivity index (χ4n) is 3.71. The predicted molar refractivity (Wildman–Crippen MR) is 106 cm³/mol. The number of amides is 1. The molecule has 0 radical (unpaired) electrons. The van der Waals surface area contributed by atoms with E-state index in [-0.39, 0.29) is 24.1 Å². The van der Waals surface area contributed by atoms with Gasteiger partial charge < -0.3 is 10.4 Å². The topological polar surface area (TPSA) is 126 Å². The number of hydrogen-bond acceptors (Lipinski definition) is 5. The monoisotopic (exact) mass is 408 g/mol. The van der Waals surface area contributed by atoms with Crippen molar-refractivity contribution in [3.8, 4) is 11.3 Å². The molecule has 3 N–H and O–H groups in total. The molecule has 1 atom stereocenters. The minimum atomic E-state index is -0.299. The molecule has 3 heterocycles. The molecule has 0 fully saturated rings. The highest BCUT2D eigenvalue weighted by molar-refractivity contribution is 6.04. The van der Waals surface area contributed by atoms with Crippen LogP contribution in [0.1, 0.15) is 23.5 Å². The van der Waals surface area contributed by atoms with Crippen LogP contribution >= 0.6 is 0 Å². The third kappa shape index (κ3) is 3.28. The van der Waals surface area contributed by atoms with Gasteiger partial charge in [-0.25, -0.2) is 9.07 Å². The van der Waals surface area contributed by atoms with Gasteiger partial charge in [0.1, 0.15) is 11.3 Å². The van der Waals surface area contributed by atoms with Crippen LogP contribution in [0.2, 0.25) is 0 Å². The number of hydrogen-bond donors (Lipinski definition) is 3. The highest BCUT2D eigenvalue weighted by Gasteiger charge is 2.31. The Morgan fingerprint density at radius 1 is 1.20 bits per heavy atom. The molecule has 2 aromatic heterocycles. The van der Waals surface area contributed by atoms with E-state index < -0.39 is 0 Å². The first-order valence-corrected chi connectivity index (χ1v) is 9.02. The third-order valence-corrected chi connectivity index (χ3v) is 5.02. The van der Waals surface area contributed by atoms with Crippen LogP contribution in [0.5, 0.6) is 0 Å². The zero-order valence-corrected chi connectivity index (χ0v) is 15.8. The summed E-state index contributed by atoms with van der Waals surface area (Å²) in [5.41, 5.74) is 5.65. The second-order valence-corrected chi connectivity index (χ2v) is 6.73. The molecule has 1 amide bonds. The Morgan fingerprint density at radius 3 is 2.67 bits per heavy atom. The number of carbonyl (C=O) groups is 2. The zero-order chi connectivity index (χ0) is 21.3. The van der Waals surface area contributed by atoms with E-state index in [2.05, 4.69) is 25.8 Å². The highest BCUT2D eigenvalue weighted by Crippen LogP contribution is 2.42. The van der Waals surface area contributed by atoms with Crippen LogP contribution in [0.4, 0.5) is 10.1 Å². The lowest BCUT2D eigenvalue weighted by Gasteiger charge is -2.26. The van der Waals surface area contributed by atoms with Gasteiger partial charge in [0.2, 0.25) is 5.91 Å². The van der Waals surface area contributed by atoms with Gasteiger partial charge in [0.25, 0.3) is 6.47 Å². The molecule has 0 spiro atoms. The molecule has 0 aliphatic carbocycles. The Labute approximate surface area is 169 Å². The van der Waals surface area contributed by atoms with Gasteiger partial charge in [-0.3, -0.25) is 14.7 Å². The van der Waals surface area contributed by atoms with Gasteiger partial charge in [0, 0.05) is 30.5 Å². The van der Waals surface area contributed by atoms with E-state index >= 15 is 0 Å². The molecule has 10 heteroatoms. The zero-order valence-electron chi connectivity index (χ0n) is 15.8. The number of anilines is 1. The first-order valence-electron chi connectivity index (χ1n) is 9.02. The second-order valence-electron chi connectivity index (χ2n) is 6.73. The van der Waals surface area contributed by atoms with Crippen LogP contribution in [0, 0.1) is 5.82 Å². The number of H-pyrrole nitrogens is 1. The number of carboxylic acid groups (broad SMARTS) is 1.